The maximum absolute atomic E-state index is 12.7. The van der Waals surface area contributed by atoms with Crippen LogP contribution in [0.15, 0.2) is 29.3 Å². The lowest BCUT2D eigenvalue weighted by molar-refractivity contribution is -0.384. The van der Waals surface area contributed by atoms with Gasteiger partial charge in [-0.25, -0.2) is 4.99 Å². The number of methoxy groups -OCH3 is 1. The largest absolute Gasteiger partial charge is 0.468 e. The van der Waals surface area contributed by atoms with Crippen LogP contribution in [0.1, 0.15) is 49.4 Å². The number of non-ortho nitro benzene ring substituents is 1. The minimum Gasteiger partial charge on any atom is -0.468 e. The Balaban J connectivity index is 2.24. The van der Waals surface area contributed by atoms with E-state index in [9.17, 15) is 14.9 Å². The molecule has 2 unspecified atom stereocenters. The van der Waals surface area contributed by atoms with E-state index >= 15 is 0 Å². The van der Waals surface area contributed by atoms with Crippen molar-refractivity contribution in [2.75, 3.05) is 7.11 Å². The molecule has 0 saturated carbocycles. The number of nitrogens with zero attached hydrogens (tertiary/aromatic N) is 4. The summed E-state index contributed by atoms with van der Waals surface area (Å²) in [6.45, 7) is 3.89. The minimum absolute atomic E-state index is 0.0122. The van der Waals surface area contributed by atoms with Gasteiger partial charge in [0.25, 0.3) is 5.69 Å². The summed E-state index contributed by atoms with van der Waals surface area (Å²) in [5.41, 5.74) is 3.02. The highest BCUT2D eigenvalue weighted by Gasteiger charge is 2.41. The predicted molar refractivity (Wildman–Crippen MR) is 105 cm³/mol. The van der Waals surface area contributed by atoms with Crippen molar-refractivity contribution in [3.8, 4) is 0 Å². The van der Waals surface area contributed by atoms with E-state index in [0.717, 1.165) is 30.5 Å². The average molecular weight is 384 g/mol. The fraction of sp³-hybridized carbons (Fsp3) is 0.450. The molecule has 2 atom stereocenters. The second kappa shape index (κ2) is 7.92. The zero-order valence-electron chi connectivity index (χ0n) is 16.5. The van der Waals surface area contributed by atoms with Gasteiger partial charge in [0.2, 0.25) is 0 Å². The Hall–Kier alpha value is -3.03. The van der Waals surface area contributed by atoms with Gasteiger partial charge in [-0.05, 0) is 25.3 Å². The number of rotatable bonds is 6. The van der Waals surface area contributed by atoms with Crippen molar-refractivity contribution < 1.29 is 14.5 Å². The molecule has 0 aliphatic carbocycles. The van der Waals surface area contributed by atoms with Gasteiger partial charge in [0, 0.05) is 36.4 Å². The van der Waals surface area contributed by atoms with E-state index in [0.29, 0.717) is 17.1 Å². The zero-order valence-corrected chi connectivity index (χ0v) is 16.5. The maximum atomic E-state index is 12.7. The Morgan fingerprint density at radius 1 is 1.39 bits per heavy atom. The Bertz CT molecular complexity index is 948. The lowest BCUT2D eigenvalue weighted by atomic mass is 9.76. The zero-order chi connectivity index (χ0) is 20.4. The second-order valence-electron chi connectivity index (χ2n) is 6.99. The number of carbonyl (C=O) groups is 1. The second-order valence-corrected chi connectivity index (χ2v) is 6.99. The fourth-order valence-electron chi connectivity index (χ4n) is 3.83. The van der Waals surface area contributed by atoms with E-state index in [1.807, 2.05) is 13.1 Å². The Kier molecular flexibility index (Phi) is 5.58. The van der Waals surface area contributed by atoms with E-state index in [1.54, 1.807) is 17.7 Å². The molecule has 3 rings (SSSR count). The summed E-state index contributed by atoms with van der Waals surface area (Å²) in [4.78, 5) is 28.2. The molecule has 8 heteroatoms. The first-order valence-electron chi connectivity index (χ1n) is 9.32. The molecule has 0 spiro atoms. The normalized spacial score (nSPS) is 18.4. The van der Waals surface area contributed by atoms with Gasteiger partial charge in [-0.1, -0.05) is 25.5 Å². The lowest BCUT2D eigenvalue weighted by Crippen LogP contribution is -2.33. The summed E-state index contributed by atoms with van der Waals surface area (Å²) < 4.78 is 6.78. The molecule has 0 bridgehead atoms. The predicted octanol–water partition coefficient (Wildman–Crippen LogP) is 3.70. The number of carbonyl (C=O) groups excluding carboxylic acids is 1. The maximum Gasteiger partial charge on any atom is 0.315 e. The highest BCUT2D eigenvalue weighted by Crippen LogP contribution is 2.45. The summed E-state index contributed by atoms with van der Waals surface area (Å²) in [5.74, 6) is -0.793. The van der Waals surface area contributed by atoms with Gasteiger partial charge >= 0.3 is 5.97 Å². The van der Waals surface area contributed by atoms with Crippen molar-refractivity contribution in [1.82, 2.24) is 9.78 Å². The third kappa shape index (κ3) is 3.42. The van der Waals surface area contributed by atoms with E-state index in [1.165, 1.54) is 19.2 Å². The Morgan fingerprint density at radius 3 is 2.79 bits per heavy atom. The number of ether oxygens (including phenoxy) is 1. The van der Waals surface area contributed by atoms with Gasteiger partial charge < -0.3 is 4.74 Å². The topological polar surface area (TPSA) is 99.6 Å². The molecular formula is C20H24N4O4. The number of benzene rings is 1. The van der Waals surface area contributed by atoms with Crippen LogP contribution in [-0.4, -0.2) is 33.5 Å². The fourth-order valence-corrected chi connectivity index (χ4v) is 3.83. The van der Waals surface area contributed by atoms with Crippen LogP contribution < -0.4 is 0 Å². The molecule has 0 fully saturated rings. The van der Waals surface area contributed by atoms with Gasteiger partial charge in [-0.15, -0.1) is 0 Å². The molecular weight excluding hydrogens is 360 g/mol. The number of unbranched alkanes of at least 4 members (excludes halogenated alkanes) is 1. The molecule has 8 nitrogen and oxygen atoms in total. The Labute approximate surface area is 163 Å². The monoisotopic (exact) mass is 384 g/mol. The SMILES string of the molecule is CCCCc1nn(C)c2c1C(c1cccc([N+](=O)[O-])c1)C(C(=O)OC)C(C)=N2. The van der Waals surface area contributed by atoms with Crippen LogP contribution in [-0.2, 0) is 23.0 Å². The summed E-state index contributed by atoms with van der Waals surface area (Å²) in [5, 5.41) is 15.9. The quantitative estimate of drug-likeness (QED) is 0.429. The van der Waals surface area contributed by atoms with E-state index < -0.39 is 22.7 Å². The van der Waals surface area contributed by atoms with Crippen LogP contribution in [0.2, 0.25) is 0 Å². The first kappa shape index (κ1) is 19.7. The third-order valence-electron chi connectivity index (χ3n) is 5.17. The third-order valence-corrected chi connectivity index (χ3v) is 5.17. The van der Waals surface area contributed by atoms with Crippen LogP contribution in [0.3, 0.4) is 0 Å². The van der Waals surface area contributed by atoms with Gasteiger partial charge in [0.05, 0.1) is 17.7 Å². The standard InChI is InChI=1S/C20H24N4O4/c1-5-6-10-15-18-17(13-8-7-9-14(11-13)24(26)27)16(20(25)28-4)12(2)21-19(18)23(3)22-15/h7-9,11,16-17H,5-6,10H2,1-4H3. The van der Waals surface area contributed by atoms with Crippen molar-refractivity contribution in [2.45, 2.75) is 39.0 Å². The molecule has 1 aliphatic heterocycles. The molecule has 0 radical (unpaired) electrons. The summed E-state index contributed by atoms with van der Waals surface area (Å²) in [7, 11) is 3.17. The molecule has 1 aromatic carbocycles. The van der Waals surface area contributed by atoms with Gasteiger partial charge in [0.1, 0.15) is 5.92 Å². The molecule has 1 aromatic heterocycles. The van der Waals surface area contributed by atoms with E-state index in [-0.39, 0.29) is 5.69 Å². The van der Waals surface area contributed by atoms with Gasteiger partial charge in [0.15, 0.2) is 5.82 Å². The van der Waals surface area contributed by atoms with Crippen molar-refractivity contribution in [3.63, 3.8) is 0 Å². The number of nitro benzene ring substituents is 1. The first-order chi connectivity index (χ1) is 13.4. The number of hydrogen-bond donors (Lipinski definition) is 0. The number of aliphatic imine (C=N–C) groups is 1. The number of fused-ring (bicyclic) bond motifs is 1. The molecule has 1 aliphatic rings. The van der Waals surface area contributed by atoms with E-state index in [4.69, 9.17) is 4.74 Å². The minimum atomic E-state index is -0.649. The molecule has 0 amide bonds. The summed E-state index contributed by atoms with van der Waals surface area (Å²) in [6.07, 6.45) is 2.72. The van der Waals surface area contributed by atoms with Crippen molar-refractivity contribution in [2.24, 2.45) is 18.0 Å². The number of esters is 1. The lowest BCUT2D eigenvalue weighted by Gasteiger charge is -2.29. The number of hydrogen-bond acceptors (Lipinski definition) is 6. The van der Waals surface area contributed by atoms with Gasteiger partial charge in [-0.2, -0.15) is 5.10 Å². The highest BCUT2D eigenvalue weighted by atomic mass is 16.6. The molecule has 148 valence electrons. The Morgan fingerprint density at radius 2 is 2.14 bits per heavy atom. The number of nitro groups is 1. The molecule has 0 saturated heterocycles. The molecule has 2 aromatic rings. The smallest absolute Gasteiger partial charge is 0.315 e. The van der Waals surface area contributed by atoms with Crippen LogP contribution in [0.25, 0.3) is 0 Å². The summed E-state index contributed by atoms with van der Waals surface area (Å²) >= 11 is 0. The van der Waals surface area contributed by atoms with Crippen LogP contribution in [0.4, 0.5) is 11.5 Å². The van der Waals surface area contributed by atoms with Crippen molar-refractivity contribution >= 4 is 23.2 Å². The average Bonchev–Trinajstić information content (AvgIpc) is 3.00. The highest BCUT2D eigenvalue weighted by molar-refractivity contribution is 6.05. The van der Waals surface area contributed by atoms with Crippen LogP contribution in [0, 0.1) is 16.0 Å². The summed E-state index contributed by atoms with van der Waals surface area (Å²) in [6, 6.07) is 6.43. The van der Waals surface area contributed by atoms with Crippen molar-refractivity contribution in [1.29, 1.82) is 0 Å². The first-order valence-corrected chi connectivity index (χ1v) is 9.32. The van der Waals surface area contributed by atoms with Crippen LogP contribution in [0.5, 0.6) is 0 Å². The van der Waals surface area contributed by atoms with E-state index in [2.05, 4.69) is 17.0 Å². The molecule has 2 heterocycles. The molecule has 0 N–H and O–H groups in total. The van der Waals surface area contributed by atoms with Crippen molar-refractivity contribution in [3.05, 3.63) is 51.2 Å². The van der Waals surface area contributed by atoms with Crippen LogP contribution >= 0.6 is 0 Å². The number of aryl methyl sites for hydroxylation is 2. The number of aromatic nitrogens is 2. The van der Waals surface area contributed by atoms with Gasteiger partial charge in [-0.3, -0.25) is 19.6 Å². The molecule has 28 heavy (non-hydrogen) atoms.